The average molecular weight is 476 g/mol. The molecule has 1 unspecified atom stereocenters. The van der Waals surface area contributed by atoms with Crippen LogP contribution in [0.15, 0.2) is 42.6 Å². The number of carbonyl (C=O) groups is 2. The maximum Gasteiger partial charge on any atom is 0.417 e. The monoisotopic (exact) mass is 476 g/mol. The summed E-state index contributed by atoms with van der Waals surface area (Å²) < 4.78 is 45.3. The molecule has 3 heterocycles. The number of rotatable bonds is 6. The lowest BCUT2D eigenvalue weighted by molar-refractivity contribution is -0.138. The van der Waals surface area contributed by atoms with Gasteiger partial charge in [0.05, 0.1) is 29.6 Å². The first-order valence-corrected chi connectivity index (χ1v) is 11.4. The second-order valence-corrected chi connectivity index (χ2v) is 8.46. The van der Waals surface area contributed by atoms with Crippen LogP contribution in [0.25, 0.3) is 0 Å². The fourth-order valence-electron chi connectivity index (χ4n) is 4.27. The molecule has 4 rings (SSSR count). The highest BCUT2D eigenvalue weighted by Gasteiger charge is 2.36. The second-order valence-electron chi connectivity index (χ2n) is 8.46. The van der Waals surface area contributed by atoms with Crippen molar-refractivity contribution in [3.63, 3.8) is 0 Å². The Bertz CT molecular complexity index is 1020. The van der Waals surface area contributed by atoms with Crippen molar-refractivity contribution in [3.05, 3.63) is 53.7 Å². The molecule has 10 heteroatoms. The molecule has 0 radical (unpaired) electrons. The van der Waals surface area contributed by atoms with E-state index in [1.165, 1.54) is 23.1 Å². The number of nitrogens with zero attached hydrogens (tertiary/aromatic N) is 4. The van der Waals surface area contributed by atoms with E-state index in [9.17, 15) is 22.8 Å². The number of aromatic nitrogens is 1. The summed E-state index contributed by atoms with van der Waals surface area (Å²) in [5.41, 5.74) is -0.594. The van der Waals surface area contributed by atoms with Crippen LogP contribution in [0.2, 0.25) is 0 Å². The van der Waals surface area contributed by atoms with Crippen LogP contribution in [0.3, 0.4) is 0 Å². The lowest BCUT2D eigenvalue weighted by Gasteiger charge is -2.35. The number of amides is 2. The van der Waals surface area contributed by atoms with Crippen molar-refractivity contribution >= 4 is 23.5 Å². The molecule has 182 valence electrons. The number of anilines is 2. The Morgan fingerprint density at radius 2 is 1.85 bits per heavy atom. The first-order valence-electron chi connectivity index (χ1n) is 11.4. The van der Waals surface area contributed by atoms with Crippen LogP contribution < -0.4 is 9.80 Å². The third-order valence-electron chi connectivity index (χ3n) is 6.15. The van der Waals surface area contributed by atoms with E-state index in [1.54, 1.807) is 17.2 Å². The maximum atomic E-state index is 13.3. The summed E-state index contributed by atoms with van der Waals surface area (Å²) in [6.07, 6.45) is -0.576. The van der Waals surface area contributed by atoms with Crippen LogP contribution in [-0.4, -0.2) is 60.7 Å². The number of unbranched alkanes of at least 4 members (excludes halogenated alkanes) is 1. The van der Waals surface area contributed by atoms with Gasteiger partial charge in [-0.1, -0.05) is 25.5 Å². The van der Waals surface area contributed by atoms with Crippen LogP contribution in [0.4, 0.5) is 29.5 Å². The Hall–Kier alpha value is -3.30. The molecule has 7 nitrogen and oxygen atoms in total. The van der Waals surface area contributed by atoms with Gasteiger partial charge in [-0.25, -0.2) is 9.78 Å². The molecular weight excluding hydrogens is 449 g/mol. The van der Waals surface area contributed by atoms with Crippen molar-refractivity contribution in [3.8, 4) is 0 Å². The van der Waals surface area contributed by atoms with E-state index in [2.05, 4.69) is 11.9 Å². The Balaban J connectivity index is 1.36. The van der Waals surface area contributed by atoms with Gasteiger partial charge in [-0.15, -0.1) is 0 Å². The summed E-state index contributed by atoms with van der Waals surface area (Å²) in [5.74, 6) is 0.0580. The van der Waals surface area contributed by atoms with E-state index in [0.717, 1.165) is 25.3 Å². The molecule has 1 atom stereocenters. The number of alkyl halides is 3. The molecule has 2 aromatic rings. The quantitative estimate of drug-likeness (QED) is 0.611. The molecule has 0 bridgehead atoms. The van der Waals surface area contributed by atoms with Crippen molar-refractivity contribution in [2.75, 3.05) is 42.5 Å². The molecule has 1 aromatic carbocycles. The van der Waals surface area contributed by atoms with E-state index in [4.69, 9.17) is 4.74 Å². The smallest absolute Gasteiger partial charge is 0.417 e. The standard InChI is InChI=1S/C24H27F3N4O3/c1-2-3-6-18-16-31(23(33)34-18)17-9-10-21(28-15-17)29-11-13-30(14-12-29)22(32)19-7-4-5-8-20(19)24(25,26)27/h4-5,7-10,15,18H,2-3,6,11-14,16H2,1H3. The predicted octanol–water partition coefficient (Wildman–Crippen LogP) is 4.58. The van der Waals surface area contributed by atoms with Crippen molar-refractivity contribution in [2.45, 2.75) is 38.5 Å². The SMILES string of the molecule is CCCCC1CN(c2ccc(N3CCN(C(=O)c4ccccc4C(F)(F)F)CC3)nc2)C(=O)O1. The van der Waals surface area contributed by atoms with Gasteiger partial charge in [-0.3, -0.25) is 9.69 Å². The zero-order valence-electron chi connectivity index (χ0n) is 18.9. The molecule has 2 fully saturated rings. The summed E-state index contributed by atoms with van der Waals surface area (Å²) >= 11 is 0. The van der Waals surface area contributed by atoms with E-state index in [1.807, 2.05) is 11.0 Å². The van der Waals surface area contributed by atoms with Gasteiger partial charge in [0.25, 0.3) is 5.91 Å². The molecular formula is C24H27F3N4O3. The topological polar surface area (TPSA) is 66.0 Å². The zero-order chi connectivity index (χ0) is 24.3. The Kier molecular flexibility index (Phi) is 6.95. The van der Waals surface area contributed by atoms with Gasteiger partial charge in [0.15, 0.2) is 0 Å². The van der Waals surface area contributed by atoms with Crippen LogP contribution in [0, 0.1) is 0 Å². The van der Waals surface area contributed by atoms with Crippen LogP contribution in [0.5, 0.6) is 0 Å². The predicted molar refractivity (Wildman–Crippen MR) is 121 cm³/mol. The molecule has 0 aliphatic carbocycles. The van der Waals surface area contributed by atoms with Gasteiger partial charge in [0.1, 0.15) is 11.9 Å². The molecule has 0 saturated carbocycles. The number of cyclic esters (lactones) is 1. The number of carbonyl (C=O) groups excluding carboxylic acids is 2. The number of hydrogen-bond acceptors (Lipinski definition) is 5. The van der Waals surface area contributed by atoms with Crippen LogP contribution >= 0.6 is 0 Å². The fourth-order valence-corrected chi connectivity index (χ4v) is 4.27. The van der Waals surface area contributed by atoms with Gasteiger partial charge < -0.3 is 14.5 Å². The number of pyridine rings is 1. The fraction of sp³-hybridized carbons (Fsp3) is 0.458. The largest absolute Gasteiger partial charge is 0.444 e. The van der Waals surface area contributed by atoms with Crippen molar-refractivity contribution in [1.29, 1.82) is 0 Å². The maximum absolute atomic E-state index is 13.3. The minimum absolute atomic E-state index is 0.111. The van der Waals surface area contributed by atoms with Gasteiger partial charge in [0.2, 0.25) is 0 Å². The number of hydrogen-bond donors (Lipinski definition) is 0. The molecule has 0 spiro atoms. The summed E-state index contributed by atoms with van der Waals surface area (Å²) in [7, 11) is 0. The third kappa shape index (κ3) is 5.10. The van der Waals surface area contributed by atoms with Crippen molar-refractivity contribution < 1.29 is 27.5 Å². The first-order chi connectivity index (χ1) is 16.3. The minimum Gasteiger partial charge on any atom is -0.444 e. The number of halogens is 3. The van der Waals surface area contributed by atoms with E-state index < -0.39 is 17.6 Å². The zero-order valence-corrected chi connectivity index (χ0v) is 18.9. The highest BCUT2D eigenvalue weighted by Crippen LogP contribution is 2.32. The van der Waals surface area contributed by atoms with Crippen molar-refractivity contribution in [1.82, 2.24) is 9.88 Å². The summed E-state index contributed by atoms with van der Waals surface area (Å²) in [6, 6.07) is 8.47. The summed E-state index contributed by atoms with van der Waals surface area (Å²) in [4.78, 5) is 34.4. The molecule has 2 amide bonds. The van der Waals surface area contributed by atoms with Gasteiger partial charge >= 0.3 is 12.3 Å². The van der Waals surface area contributed by atoms with Crippen molar-refractivity contribution in [2.24, 2.45) is 0 Å². The Morgan fingerprint density at radius 1 is 1.12 bits per heavy atom. The normalized spacial score (nSPS) is 18.9. The second kappa shape index (κ2) is 9.90. The number of piperazine rings is 1. The molecule has 0 N–H and O–H groups in total. The Morgan fingerprint density at radius 3 is 2.50 bits per heavy atom. The van der Waals surface area contributed by atoms with E-state index in [-0.39, 0.29) is 30.9 Å². The average Bonchev–Trinajstić information content (AvgIpc) is 3.22. The Labute approximate surface area is 196 Å². The number of benzene rings is 1. The van der Waals surface area contributed by atoms with E-state index >= 15 is 0 Å². The highest BCUT2D eigenvalue weighted by atomic mass is 19.4. The molecule has 2 aliphatic rings. The lowest BCUT2D eigenvalue weighted by Crippen LogP contribution is -2.49. The van der Waals surface area contributed by atoms with Gasteiger partial charge in [0, 0.05) is 26.2 Å². The molecule has 1 aromatic heterocycles. The van der Waals surface area contributed by atoms with Crippen LogP contribution in [-0.2, 0) is 10.9 Å². The van der Waals surface area contributed by atoms with E-state index in [0.29, 0.717) is 31.1 Å². The summed E-state index contributed by atoms with van der Waals surface area (Å²) in [6.45, 7) is 4.04. The molecule has 2 saturated heterocycles. The first kappa shape index (κ1) is 23.8. The highest BCUT2D eigenvalue weighted by molar-refractivity contribution is 5.96. The summed E-state index contributed by atoms with van der Waals surface area (Å²) in [5, 5.41) is 0. The van der Waals surface area contributed by atoms with Gasteiger partial charge in [-0.05, 0) is 37.1 Å². The molecule has 2 aliphatic heterocycles. The number of ether oxygens (including phenoxy) is 1. The minimum atomic E-state index is -4.59. The van der Waals surface area contributed by atoms with Gasteiger partial charge in [-0.2, -0.15) is 13.2 Å². The molecule has 34 heavy (non-hydrogen) atoms. The lowest BCUT2D eigenvalue weighted by atomic mass is 10.1. The third-order valence-corrected chi connectivity index (χ3v) is 6.15. The van der Waals surface area contributed by atoms with Crippen LogP contribution in [0.1, 0.15) is 42.1 Å².